The lowest BCUT2D eigenvalue weighted by Gasteiger charge is -2.49. The van der Waals surface area contributed by atoms with Crippen molar-refractivity contribution in [3.8, 4) is 0 Å². The average molecular weight is 262 g/mol. The zero-order chi connectivity index (χ0) is 13.7. The first-order valence-corrected chi connectivity index (χ1v) is 5.48. The molecule has 0 radical (unpaired) electrons. The Morgan fingerprint density at radius 1 is 0.889 bits per heavy atom. The van der Waals surface area contributed by atoms with Gasteiger partial charge in [-0.05, 0) is 0 Å². The van der Waals surface area contributed by atoms with Crippen LogP contribution in [-0.2, 0) is 14.3 Å². The second kappa shape index (κ2) is 4.25. The fourth-order valence-electron chi connectivity index (χ4n) is 2.42. The highest BCUT2D eigenvalue weighted by Gasteiger charge is 2.65. The van der Waals surface area contributed by atoms with Gasteiger partial charge < -0.3 is 30.3 Å². The zero-order valence-electron chi connectivity index (χ0n) is 9.26. The van der Waals surface area contributed by atoms with Gasteiger partial charge in [-0.15, -0.1) is 0 Å². The SMILES string of the molecule is O=C1CCC(=O)C2(O1)[C@@H](O)[C@H](O)C(O)[C@H](O)[C@@H]2O. The van der Waals surface area contributed by atoms with E-state index in [1.807, 2.05) is 0 Å². The molecule has 1 saturated carbocycles. The van der Waals surface area contributed by atoms with Gasteiger partial charge in [-0.1, -0.05) is 0 Å². The first-order chi connectivity index (χ1) is 8.32. The van der Waals surface area contributed by atoms with Crippen LogP contribution in [0.2, 0.25) is 0 Å². The molecule has 8 nitrogen and oxygen atoms in total. The molecule has 0 aromatic rings. The van der Waals surface area contributed by atoms with Crippen molar-refractivity contribution < 1.29 is 39.9 Å². The summed E-state index contributed by atoms with van der Waals surface area (Å²) in [6, 6.07) is 0. The van der Waals surface area contributed by atoms with Crippen LogP contribution in [0.25, 0.3) is 0 Å². The largest absolute Gasteiger partial charge is 0.445 e. The molecule has 0 amide bonds. The van der Waals surface area contributed by atoms with Crippen molar-refractivity contribution in [3.05, 3.63) is 0 Å². The Kier molecular flexibility index (Phi) is 3.16. The molecule has 2 rings (SSSR count). The summed E-state index contributed by atoms with van der Waals surface area (Å²) in [4.78, 5) is 23.1. The van der Waals surface area contributed by atoms with Crippen molar-refractivity contribution in [1.82, 2.24) is 0 Å². The van der Waals surface area contributed by atoms with Gasteiger partial charge >= 0.3 is 5.97 Å². The van der Waals surface area contributed by atoms with Gasteiger partial charge in [0, 0.05) is 6.42 Å². The van der Waals surface area contributed by atoms with E-state index in [0.717, 1.165) is 0 Å². The summed E-state index contributed by atoms with van der Waals surface area (Å²) >= 11 is 0. The molecular weight excluding hydrogens is 248 g/mol. The lowest BCUT2D eigenvalue weighted by Crippen LogP contribution is -2.75. The summed E-state index contributed by atoms with van der Waals surface area (Å²) in [7, 11) is 0. The van der Waals surface area contributed by atoms with E-state index >= 15 is 0 Å². The first kappa shape index (κ1) is 13.4. The summed E-state index contributed by atoms with van der Waals surface area (Å²) in [5.74, 6) is -1.63. The van der Waals surface area contributed by atoms with Crippen LogP contribution < -0.4 is 0 Å². The number of Topliss-reactive ketones (excluding diaryl/α,β-unsaturated/α-hetero) is 1. The minimum absolute atomic E-state index is 0.200. The number of aliphatic hydroxyl groups excluding tert-OH is 5. The number of aliphatic hydroxyl groups is 5. The van der Waals surface area contributed by atoms with Crippen LogP contribution in [0.1, 0.15) is 12.8 Å². The Morgan fingerprint density at radius 3 is 1.89 bits per heavy atom. The summed E-state index contributed by atoms with van der Waals surface area (Å²) in [6.45, 7) is 0. The summed E-state index contributed by atoms with van der Waals surface area (Å²) < 4.78 is 4.72. The third kappa shape index (κ3) is 1.57. The predicted octanol–water partition coefficient (Wildman–Crippen LogP) is -3.55. The van der Waals surface area contributed by atoms with Crippen LogP contribution in [0, 0.1) is 0 Å². The number of ketones is 1. The van der Waals surface area contributed by atoms with E-state index in [1.165, 1.54) is 0 Å². The van der Waals surface area contributed by atoms with Crippen LogP contribution in [0.4, 0.5) is 0 Å². The summed E-state index contributed by atoms with van der Waals surface area (Å²) in [6.07, 6.45) is -10.1. The lowest BCUT2D eigenvalue weighted by molar-refractivity contribution is -0.270. The topological polar surface area (TPSA) is 145 Å². The maximum Gasteiger partial charge on any atom is 0.307 e. The van der Waals surface area contributed by atoms with E-state index in [4.69, 9.17) is 4.74 Å². The van der Waals surface area contributed by atoms with Gasteiger partial charge in [0.2, 0.25) is 5.60 Å². The molecular formula is C10H14O8. The van der Waals surface area contributed by atoms with Crippen molar-refractivity contribution >= 4 is 11.8 Å². The van der Waals surface area contributed by atoms with Crippen LogP contribution in [-0.4, -0.2) is 73.4 Å². The second-order valence-electron chi connectivity index (χ2n) is 4.55. The van der Waals surface area contributed by atoms with Gasteiger partial charge in [-0.3, -0.25) is 9.59 Å². The molecule has 0 aromatic carbocycles. The van der Waals surface area contributed by atoms with Gasteiger partial charge in [-0.25, -0.2) is 0 Å². The molecule has 2 fully saturated rings. The molecule has 2 aliphatic rings. The maximum absolute atomic E-state index is 11.8. The Morgan fingerprint density at radius 2 is 1.39 bits per heavy atom. The Hall–Kier alpha value is -1.06. The highest BCUT2D eigenvalue weighted by Crippen LogP contribution is 2.37. The number of esters is 1. The minimum Gasteiger partial charge on any atom is -0.445 e. The van der Waals surface area contributed by atoms with Crippen LogP contribution in [0.3, 0.4) is 0 Å². The fraction of sp³-hybridized carbons (Fsp3) is 0.800. The molecule has 0 bridgehead atoms. The second-order valence-corrected chi connectivity index (χ2v) is 4.55. The molecule has 18 heavy (non-hydrogen) atoms. The van der Waals surface area contributed by atoms with Crippen molar-refractivity contribution in [2.24, 2.45) is 0 Å². The standard InChI is InChI=1S/C10H14O8/c11-3-1-2-4(12)18-10(3)8(16)6(14)5(13)7(15)9(10)17/h5-9,13-17H,1-2H2/t5?,6-,7+,8-,9-,10?/m0/s1. The number of carbonyl (C=O) groups is 2. The molecule has 0 aromatic heterocycles. The number of hydrogen-bond acceptors (Lipinski definition) is 8. The number of carbonyl (C=O) groups excluding carboxylic acids is 2. The maximum atomic E-state index is 11.8. The normalized spacial score (nSPS) is 49.3. The van der Waals surface area contributed by atoms with Crippen LogP contribution in [0.15, 0.2) is 0 Å². The third-order valence-electron chi connectivity index (χ3n) is 3.50. The van der Waals surface area contributed by atoms with E-state index in [-0.39, 0.29) is 12.8 Å². The Balaban J connectivity index is 2.45. The molecule has 5 N–H and O–H groups in total. The third-order valence-corrected chi connectivity index (χ3v) is 3.50. The van der Waals surface area contributed by atoms with Crippen LogP contribution >= 0.6 is 0 Å². The molecule has 1 aliphatic carbocycles. The van der Waals surface area contributed by atoms with Crippen molar-refractivity contribution in [3.63, 3.8) is 0 Å². The molecule has 1 saturated heterocycles. The number of ether oxygens (including phenoxy) is 1. The highest BCUT2D eigenvalue weighted by atomic mass is 16.6. The molecule has 102 valence electrons. The summed E-state index contributed by atoms with van der Waals surface area (Å²) in [5, 5.41) is 48.1. The smallest absolute Gasteiger partial charge is 0.307 e. The molecule has 1 heterocycles. The van der Waals surface area contributed by atoms with E-state index in [0.29, 0.717) is 0 Å². The van der Waals surface area contributed by atoms with E-state index < -0.39 is 47.9 Å². The molecule has 6 atom stereocenters. The van der Waals surface area contributed by atoms with Gasteiger partial charge in [-0.2, -0.15) is 0 Å². The average Bonchev–Trinajstić information content (AvgIpc) is 2.35. The fourth-order valence-corrected chi connectivity index (χ4v) is 2.42. The van der Waals surface area contributed by atoms with Gasteiger partial charge in [0.05, 0.1) is 6.42 Å². The lowest BCUT2D eigenvalue weighted by atomic mass is 9.70. The Bertz CT molecular complexity index is 364. The predicted molar refractivity (Wildman–Crippen MR) is 53.1 cm³/mol. The minimum atomic E-state index is -2.41. The van der Waals surface area contributed by atoms with Crippen LogP contribution in [0.5, 0.6) is 0 Å². The monoisotopic (exact) mass is 262 g/mol. The number of hydrogen-bond donors (Lipinski definition) is 5. The molecule has 1 aliphatic heterocycles. The zero-order valence-corrected chi connectivity index (χ0v) is 9.26. The molecule has 8 heteroatoms. The highest BCUT2D eigenvalue weighted by molar-refractivity contribution is 5.96. The van der Waals surface area contributed by atoms with Crippen molar-refractivity contribution in [2.75, 3.05) is 0 Å². The van der Waals surface area contributed by atoms with E-state index in [1.54, 1.807) is 0 Å². The first-order valence-electron chi connectivity index (χ1n) is 5.48. The van der Waals surface area contributed by atoms with Gasteiger partial charge in [0.15, 0.2) is 5.78 Å². The van der Waals surface area contributed by atoms with Crippen molar-refractivity contribution in [1.29, 1.82) is 0 Å². The molecule has 1 spiro atoms. The van der Waals surface area contributed by atoms with E-state index in [2.05, 4.69) is 0 Å². The molecule has 2 unspecified atom stereocenters. The number of rotatable bonds is 0. The Labute approximate surface area is 101 Å². The quantitative estimate of drug-likeness (QED) is 0.282. The van der Waals surface area contributed by atoms with Crippen molar-refractivity contribution in [2.45, 2.75) is 49.0 Å². The van der Waals surface area contributed by atoms with Gasteiger partial charge in [0.1, 0.15) is 30.5 Å². The van der Waals surface area contributed by atoms with E-state index in [9.17, 15) is 35.1 Å². The summed E-state index contributed by atoms with van der Waals surface area (Å²) in [5.41, 5.74) is -2.41. The van der Waals surface area contributed by atoms with Gasteiger partial charge in [0.25, 0.3) is 0 Å².